The molecule has 0 N–H and O–H groups in total. The molecule has 0 saturated heterocycles. The second-order valence-corrected chi connectivity index (χ2v) is 4.94. The number of benzene rings is 1. The lowest BCUT2D eigenvalue weighted by atomic mass is 10.0. The van der Waals surface area contributed by atoms with E-state index in [9.17, 15) is 0 Å². The van der Waals surface area contributed by atoms with Gasteiger partial charge in [0.1, 0.15) is 5.75 Å². The zero-order chi connectivity index (χ0) is 13.7. The summed E-state index contributed by atoms with van der Waals surface area (Å²) in [7, 11) is 1.72. The third-order valence-corrected chi connectivity index (χ3v) is 3.40. The van der Waals surface area contributed by atoms with Crippen LogP contribution in [0, 0.1) is 13.8 Å². The Balaban J connectivity index is 2.90. The predicted molar refractivity (Wildman–Crippen MR) is 78.2 cm³/mol. The molecular formula is C16H25NO. The van der Waals surface area contributed by atoms with E-state index in [1.54, 1.807) is 7.11 Å². The van der Waals surface area contributed by atoms with Crippen molar-refractivity contribution in [1.29, 1.82) is 0 Å². The number of methoxy groups -OCH3 is 1. The van der Waals surface area contributed by atoms with Gasteiger partial charge in [0.2, 0.25) is 0 Å². The maximum Gasteiger partial charge on any atom is 0.122 e. The normalized spacial score (nSPS) is 10.8. The fourth-order valence-electron chi connectivity index (χ4n) is 2.15. The van der Waals surface area contributed by atoms with Gasteiger partial charge in [0, 0.05) is 13.1 Å². The topological polar surface area (TPSA) is 12.5 Å². The van der Waals surface area contributed by atoms with Crippen molar-refractivity contribution in [2.45, 2.75) is 34.2 Å². The first kappa shape index (κ1) is 14.8. The summed E-state index contributed by atoms with van der Waals surface area (Å²) in [6.45, 7) is 15.5. The molecule has 0 fully saturated rings. The molecule has 100 valence electrons. The molecule has 0 atom stereocenters. The average Bonchev–Trinajstić information content (AvgIpc) is 2.33. The highest BCUT2D eigenvalue weighted by atomic mass is 16.5. The molecule has 0 unspecified atom stereocenters. The van der Waals surface area contributed by atoms with Gasteiger partial charge in [-0.2, -0.15) is 0 Å². The summed E-state index contributed by atoms with van der Waals surface area (Å²) in [5.41, 5.74) is 5.15. The summed E-state index contributed by atoms with van der Waals surface area (Å²) in [5, 5.41) is 0. The molecule has 2 heteroatoms. The minimum absolute atomic E-state index is 0.959. The molecule has 0 saturated carbocycles. The van der Waals surface area contributed by atoms with Gasteiger partial charge in [0.15, 0.2) is 0 Å². The number of rotatable bonds is 6. The first-order valence-electron chi connectivity index (χ1n) is 6.49. The standard InChI is InChI=1S/C16H25NO/c1-7-17(10-12(2)3)11-15-8-9-16(18-6)14(5)13(15)4/h8-9H,2,7,10-11H2,1,3-6H3. The van der Waals surface area contributed by atoms with Crippen LogP contribution in [0.3, 0.4) is 0 Å². The maximum atomic E-state index is 5.35. The van der Waals surface area contributed by atoms with Gasteiger partial charge < -0.3 is 4.74 Å². The number of ether oxygens (including phenoxy) is 1. The second kappa shape index (κ2) is 6.60. The lowest BCUT2D eigenvalue weighted by molar-refractivity contribution is 0.303. The highest BCUT2D eigenvalue weighted by molar-refractivity contribution is 5.43. The summed E-state index contributed by atoms with van der Waals surface area (Å²) in [4.78, 5) is 2.40. The Labute approximate surface area is 111 Å². The third kappa shape index (κ3) is 3.61. The first-order valence-corrected chi connectivity index (χ1v) is 6.49. The molecule has 0 bridgehead atoms. The van der Waals surface area contributed by atoms with E-state index in [0.29, 0.717) is 0 Å². The third-order valence-electron chi connectivity index (χ3n) is 3.40. The van der Waals surface area contributed by atoms with E-state index in [2.05, 4.69) is 51.3 Å². The van der Waals surface area contributed by atoms with Crippen molar-refractivity contribution in [3.63, 3.8) is 0 Å². The molecule has 1 aromatic rings. The number of hydrogen-bond acceptors (Lipinski definition) is 2. The van der Waals surface area contributed by atoms with Crippen molar-refractivity contribution in [3.05, 3.63) is 41.0 Å². The zero-order valence-corrected chi connectivity index (χ0v) is 12.3. The summed E-state index contributed by atoms with van der Waals surface area (Å²) in [5.74, 6) is 0.971. The summed E-state index contributed by atoms with van der Waals surface area (Å²) < 4.78 is 5.35. The minimum atomic E-state index is 0.959. The summed E-state index contributed by atoms with van der Waals surface area (Å²) in [6.07, 6.45) is 0. The quantitative estimate of drug-likeness (QED) is 0.711. The van der Waals surface area contributed by atoms with Crippen LogP contribution in [0.15, 0.2) is 24.3 Å². The van der Waals surface area contributed by atoms with Crippen LogP contribution in [-0.2, 0) is 6.54 Å². The molecule has 0 spiro atoms. The highest BCUT2D eigenvalue weighted by Crippen LogP contribution is 2.24. The monoisotopic (exact) mass is 247 g/mol. The Morgan fingerprint density at radius 2 is 1.94 bits per heavy atom. The van der Waals surface area contributed by atoms with Crippen molar-refractivity contribution in [1.82, 2.24) is 4.90 Å². The molecule has 0 radical (unpaired) electrons. The fraction of sp³-hybridized carbons (Fsp3) is 0.500. The summed E-state index contributed by atoms with van der Waals surface area (Å²) in [6, 6.07) is 4.23. The van der Waals surface area contributed by atoms with Crippen LogP contribution in [0.25, 0.3) is 0 Å². The molecule has 0 aliphatic rings. The van der Waals surface area contributed by atoms with Crippen molar-refractivity contribution in [2.75, 3.05) is 20.2 Å². The van der Waals surface area contributed by atoms with Gasteiger partial charge in [-0.25, -0.2) is 0 Å². The molecule has 0 aromatic heterocycles. The molecule has 0 heterocycles. The smallest absolute Gasteiger partial charge is 0.122 e. The average molecular weight is 247 g/mol. The lowest BCUT2D eigenvalue weighted by Gasteiger charge is -2.22. The van der Waals surface area contributed by atoms with Gasteiger partial charge >= 0.3 is 0 Å². The van der Waals surface area contributed by atoms with Gasteiger partial charge in [-0.15, -0.1) is 0 Å². The SMILES string of the molecule is C=C(C)CN(CC)Cc1ccc(OC)c(C)c1C. The van der Waals surface area contributed by atoms with Crippen LogP contribution < -0.4 is 4.74 Å². The van der Waals surface area contributed by atoms with E-state index in [4.69, 9.17) is 4.74 Å². The largest absolute Gasteiger partial charge is 0.496 e. The van der Waals surface area contributed by atoms with Crippen molar-refractivity contribution in [3.8, 4) is 5.75 Å². The van der Waals surface area contributed by atoms with Crippen LogP contribution in [0.1, 0.15) is 30.5 Å². The molecule has 0 aliphatic carbocycles. The van der Waals surface area contributed by atoms with Crippen molar-refractivity contribution >= 4 is 0 Å². The lowest BCUT2D eigenvalue weighted by Crippen LogP contribution is -2.25. The number of nitrogens with zero attached hydrogens (tertiary/aromatic N) is 1. The van der Waals surface area contributed by atoms with Crippen LogP contribution >= 0.6 is 0 Å². The molecule has 0 amide bonds. The van der Waals surface area contributed by atoms with Crippen LogP contribution in [0.5, 0.6) is 5.75 Å². The number of hydrogen-bond donors (Lipinski definition) is 0. The zero-order valence-electron chi connectivity index (χ0n) is 12.3. The molecule has 1 rings (SSSR count). The molecule has 1 aromatic carbocycles. The maximum absolute atomic E-state index is 5.35. The van der Waals surface area contributed by atoms with Gasteiger partial charge in [-0.05, 0) is 50.1 Å². The van der Waals surface area contributed by atoms with Crippen LogP contribution in [-0.4, -0.2) is 25.1 Å². The van der Waals surface area contributed by atoms with Crippen LogP contribution in [0.4, 0.5) is 0 Å². The first-order chi connectivity index (χ1) is 8.49. The molecular weight excluding hydrogens is 222 g/mol. The molecule has 0 aliphatic heterocycles. The molecule has 2 nitrogen and oxygen atoms in total. The number of likely N-dealkylation sites (N-methyl/N-ethyl adjacent to an activating group) is 1. The van der Waals surface area contributed by atoms with Gasteiger partial charge in [0.05, 0.1) is 7.11 Å². The Morgan fingerprint density at radius 1 is 1.28 bits per heavy atom. The Hall–Kier alpha value is -1.28. The van der Waals surface area contributed by atoms with Gasteiger partial charge in [0.25, 0.3) is 0 Å². The molecule has 18 heavy (non-hydrogen) atoms. The fourth-order valence-corrected chi connectivity index (χ4v) is 2.15. The van der Waals surface area contributed by atoms with Gasteiger partial charge in [-0.1, -0.05) is 25.1 Å². The van der Waals surface area contributed by atoms with E-state index < -0.39 is 0 Å². The van der Waals surface area contributed by atoms with Crippen molar-refractivity contribution in [2.24, 2.45) is 0 Å². The Kier molecular flexibility index (Phi) is 5.42. The Morgan fingerprint density at radius 3 is 2.44 bits per heavy atom. The van der Waals surface area contributed by atoms with Gasteiger partial charge in [-0.3, -0.25) is 4.90 Å². The van der Waals surface area contributed by atoms with E-state index in [1.165, 1.54) is 22.3 Å². The van der Waals surface area contributed by atoms with E-state index in [-0.39, 0.29) is 0 Å². The predicted octanol–water partition coefficient (Wildman–Crippen LogP) is 3.71. The van der Waals surface area contributed by atoms with Crippen molar-refractivity contribution < 1.29 is 4.74 Å². The van der Waals surface area contributed by atoms with Crippen LogP contribution in [0.2, 0.25) is 0 Å². The minimum Gasteiger partial charge on any atom is -0.496 e. The second-order valence-electron chi connectivity index (χ2n) is 4.94. The summed E-state index contributed by atoms with van der Waals surface area (Å²) >= 11 is 0. The van der Waals surface area contributed by atoms with E-state index in [0.717, 1.165) is 25.4 Å². The van der Waals surface area contributed by atoms with E-state index in [1.807, 2.05) is 0 Å². The van der Waals surface area contributed by atoms with E-state index >= 15 is 0 Å². The Bertz CT molecular complexity index is 423. The highest BCUT2D eigenvalue weighted by Gasteiger charge is 2.10.